The normalized spacial score (nSPS) is 10.2. The number of nitrogens with zero attached hydrogens (tertiary/aromatic N) is 2. The molecule has 0 spiro atoms. The minimum Gasteiger partial charge on any atom is -0.294 e. The third kappa shape index (κ3) is 2.79. The molecule has 0 radical (unpaired) electrons. The lowest BCUT2D eigenvalue weighted by Gasteiger charge is -1.94. The predicted molar refractivity (Wildman–Crippen MR) is 55.4 cm³/mol. The number of hydrogen-bond donors (Lipinski definition) is 0. The van der Waals surface area contributed by atoms with E-state index in [2.05, 4.69) is 0 Å². The van der Waals surface area contributed by atoms with Crippen LogP contribution in [0.1, 0.15) is 18.1 Å². The Balaban J connectivity index is 3.05. The summed E-state index contributed by atoms with van der Waals surface area (Å²) < 4.78 is 0. The molecule has 0 atom stereocenters. The van der Waals surface area contributed by atoms with E-state index >= 15 is 0 Å². The smallest absolute Gasteiger partial charge is 0.170 e. The molecule has 0 aliphatic heterocycles. The first-order valence-corrected chi connectivity index (χ1v) is 4.30. The Labute approximate surface area is 87.9 Å². The van der Waals surface area contributed by atoms with E-state index in [-0.39, 0.29) is 11.4 Å². The van der Waals surface area contributed by atoms with Crippen LogP contribution in [0.25, 0.3) is 6.08 Å². The van der Waals surface area contributed by atoms with Crippen molar-refractivity contribution in [3.63, 3.8) is 0 Å². The predicted octanol–water partition coefficient (Wildman–Crippen LogP) is 2.05. The highest BCUT2D eigenvalue weighted by molar-refractivity contribution is 6.01. The summed E-state index contributed by atoms with van der Waals surface area (Å²) in [6, 6.07) is 10.5. The van der Waals surface area contributed by atoms with Crippen molar-refractivity contribution < 1.29 is 4.79 Å². The molecule has 0 heterocycles. The molecule has 72 valence electrons. The molecule has 1 rings (SSSR count). The molecule has 3 heteroatoms. The number of carbonyl (C=O) groups excluding carboxylic acids is 1. The first-order chi connectivity index (χ1) is 7.17. The number of Topliss-reactive ketones (excluding diaryl/α,β-unsaturated/α-hetero) is 1. The summed E-state index contributed by atoms with van der Waals surface area (Å²) in [5.74, 6) is -0.262. The summed E-state index contributed by atoms with van der Waals surface area (Å²) in [6.07, 6.45) is 1.50. The van der Waals surface area contributed by atoms with Crippen LogP contribution in [0.3, 0.4) is 0 Å². The van der Waals surface area contributed by atoms with E-state index in [0.717, 1.165) is 5.56 Å². The Bertz CT molecular complexity index is 484. The minimum atomic E-state index is -0.262. The number of hydrogen-bond acceptors (Lipinski definition) is 3. The highest BCUT2D eigenvalue weighted by atomic mass is 16.1. The molecule has 0 aliphatic rings. The van der Waals surface area contributed by atoms with Crippen molar-refractivity contribution in [3.05, 3.63) is 41.0 Å². The maximum atomic E-state index is 11.0. The van der Waals surface area contributed by atoms with Gasteiger partial charge in [0.15, 0.2) is 5.78 Å². The second-order valence-corrected chi connectivity index (χ2v) is 2.96. The molecular formula is C12H8N2O. The third-order valence-corrected chi connectivity index (χ3v) is 1.85. The average Bonchev–Trinajstić information content (AvgIpc) is 2.26. The van der Waals surface area contributed by atoms with Gasteiger partial charge >= 0.3 is 0 Å². The van der Waals surface area contributed by atoms with E-state index < -0.39 is 0 Å². The van der Waals surface area contributed by atoms with Crippen LogP contribution in [0.5, 0.6) is 0 Å². The van der Waals surface area contributed by atoms with Gasteiger partial charge in [0, 0.05) is 0 Å². The zero-order valence-corrected chi connectivity index (χ0v) is 8.19. The highest BCUT2D eigenvalue weighted by Gasteiger charge is 2.01. The van der Waals surface area contributed by atoms with Crippen molar-refractivity contribution in [2.24, 2.45) is 0 Å². The third-order valence-electron chi connectivity index (χ3n) is 1.85. The standard InChI is InChI=1S/C12H8N2O/c1-9(15)12(8-14)6-10-2-4-11(7-13)5-3-10/h2-6H,1H3. The summed E-state index contributed by atoms with van der Waals surface area (Å²) in [5.41, 5.74) is 1.40. The van der Waals surface area contributed by atoms with Gasteiger partial charge in [-0.1, -0.05) is 12.1 Å². The highest BCUT2D eigenvalue weighted by Crippen LogP contribution is 2.08. The van der Waals surface area contributed by atoms with E-state index in [9.17, 15) is 4.79 Å². The summed E-state index contributed by atoms with van der Waals surface area (Å²) >= 11 is 0. The van der Waals surface area contributed by atoms with E-state index in [1.807, 2.05) is 12.1 Å². The lowest BCUT2D eigenvalue weighted by atomic mass is 10.1. The van der Waals surface area contributed by atoms with Gasteiger partial charge in [-0.2, -0.15) is 10.5 Å². The second kappa shape index (κ2) is 4.74. The van der Waals surface area contributed by atoms with Crippen LogP contribution in [0.2, 0.25) is 0 Å². The second-order valence-electron chi connectivity index (χ2n) is 2.96. The van der Waals surface area contributed by atoms with Gasteiger partial charge in [0.05, 0.1) is 17.2 Å². The fraction of sp³-hybridized carbons (Fsp3) is 0.0833. The van der Waals surface area contributed by atoms with Gasteiger partial charge in [-0.25, -0.2) is 0 Å². The lowest BCUT2D eigenvalue weighted by Crippen LogP contribution is -1.92. The zero-order chi connectivity index (χ0) is 11.3. The first kappa shape index (κ1) is 10.7. The van der Waals surface area contributed by atoms with Gasteiger partial charge in [-0.3, -0.25) is 4.79 Å². The summed E-state index contributed by atoms with van der Waals surface area (Å²) in [6.45, 7) is 1.35. The van der Waals surface area contributed by atoms with E-state index in [4.69, 9.17) is 10.5 Å². The van der Waals surface area contributed by atoms with E-state index in [1.54, 1.807) is 24.3 Å². The Morgan fingerprint density at radius 2 is 1.87 bits per heavy atom. The maximum absolute atomic E-state index is 11.0. The molecule has 1 aromatic carbocycles. The van der Waals surface area contributed by atoms with Crippen molar-refractivity contribution in [1.82, 2.24) is 0 Å². The molecule has 0 amide bonds. The number of ketones is 1. The van der Waals surface area contributed by atoms with Gasteiger partial charge in [-0.05, 0) is 30.7 Å². The fourth-order valence-electron chi connectivity index (χ4n) is 1.03. The zero-order valence-electron chi connectivity index (χ0n) is 8.19. The van der Waals surface area contributed by atoms with Crippen LogP contribution in [-0.4, -0.2) is 5.78 Å². The minimum absolute atomic E-state index is 0.111. The molecular weight excluding hydrogens is 188 g/mol. The lowest BCUT2D eigenvalue weighted by molar-refractivity contribution is -0.113. The van der Waals surface area contributed by atoms with Crippen molar-refractivity contribution >= 4 is 11.9 Å². The van der Waals surface area contributed by atoms with Gasteiger partial charge in [0.1, 0.15) is 6.07 Å². The number of rotatable bonds is 2. The molecule has 15 heavy (non-hydrogen) atoms. The number of carbonyl (C=O) groups is 1. The van der Waals surface area contributed by atoms with Crippen LogP contribution in [0.15, 0.2) is 29.8 Å². The van der Waals surface area contributed by atoms with Crippen LogP contribution in [0.4, 0.5) is 0 Å². The quantitative estimate of drug-likeness (QED) is 0.537. The Kier molecular flexibility index (Phi) is 3.38. The average molecular weight is 196 g/mol. The summed E-state index contributed by atoms with van der Waals surface area (Å²) in [7, 11) is 0. The van der Waals surface area contributed by atoms with Crippen molar-refractivity contribution in [2.45, 2.75) is 6.92 Å². The van der Waals surface area contributed by atoms with Crippen LogP contribution < -0.4 is 0 Å². The Morgan fingerprint density at radius 1 is 1.27 bits per heavy atom. The van der Waals surface area contributed by atoms with Crippen molar-refractivity contribution in [3.8, 4) is 12.1 Å². The number of nitriles is 2. The van der Waals surface area contributed by atoms with E-state index in [1.165, 1.54) is 13.0 Å². The SMILES string of the molecule is CC(=O)C(C#N)=Cc1ccc(C#N)cc1. The van der Waals surface area contributed by atoms with Gasteiger partial charge in [-0.15, -0.1) is 0 Å². The number of allylic oxidation sites excluding steroid dienone is 1. The first-order valence-electron chi connectivity index (χ1n) is 4.30. The van der Waals surface area contributed by atoms with Crippen LogP contribution in [0, 0.1) is 22.7 Å². The molecule has 0 N–H and O–H groups in total. The molecule has 0 bridgehead atoms. The molecule has 0 aliphatic carbocycles. The van der Waals surface area contributed by atoms with Gasteiger partial charge < -0.3 is 0 Å². The maximum Gasteiger partial charge on any atom is 0.170 e. The summed E-state index contributed by atoms with van der Waals surface area (Å²) in [5, 5.41) is 17.2. The van der Waals surface area contributed by atoms with Crippen LogP contribution in [-0.2, 0) is 4.79 Å². The largest absolute Gasteiger partial charge is 0.294 e. The molecule has 0 unspecified atom stereocenters. The Hall–Kier alpha value is -2.39. The van der Waals surface area contributed by atoms with Crippen LogP contribution >= 0.6 is 0 Å². The number of benzene rings is 1. The molecule has 0 saturated heterocycles. The van der Waals surface area contributed by atoms with Crippen molar-refractivity contribution in [2.75, 3.05) is 0 Å². The van der Waals surface area contributed by atoms with E-state index in [0.29, 0.717) is 5.56 Å². The molecule has 3 nitrogen and oxygen atoms in total. The fourth-order valence-corrected chi connectivity index (χ4v) is 1.03. The van der Waals surface area contributed by atoms with Gasteiger partial charge in [0.2, 0.25) is 0 Å². The summed E-state index contributed by atoms with van der Waals surface area (Å²) in [4.78, 5) is 11.0. The molecule has 1 aromatic rings. The van der Waals surface area contributed by atoms with Crippen molar-refractivity contribution in [1.29, 1.82) is 10.5 Å². The van der Waals surface area contributed by atoms with Gasteiger partial charge in [0.25, 0.3) is 0 Å². The topological polar surface area (TPSA) is 64.7 Å². The molecule has 0 fully saturated rings. The molecule has 0 aromatic heterocycles. The monoisotopic (exact) mass is 196 g/mol. The molecule has 0 saturated carbocycles. The Morgan fingerprint density at radius 3 is 2.27 bits per heavy atom.